The molecule has 0 aromatic carbocycles. The number of methoxy groups -OCH3 is 1. The van der Waals surface area contributed by atoms with Crippen molar-refractivity contribution < 1.29 is 18.3 Å². The number of aliphatic hydroxyl groups is 1. The molecule has 0 fully saturated rings. The van der Waals surface area contributed by atoms with Crippen LogP contribution in [0.25, 0.3) is 0 Å². The molecular formula is C11H16N2O4S2. The molecular weight excluding hydrogens is 288 g/mol. The molecule has 0 aliphatic heterocycles. The SMILES string of the molecule is COCCNS(=O)(=O)NCc1cc(C#CCO)cs1. The van der Waals surface area contributed by atoms with Crippen LogP contribution in [0.1, 0.15) is 10.4 Å². The average molecular weight is 304 g/mol. The Balaban J connectivity index is 2.45. The van der Waals surface area contributed by atoms with Gasteiger partial charge in [-0.1, -0.05) is 11.8 Å². The largest absolute Gasteiger partial charge is 0.384 e. The van der Waals surface area contributed by atoms with E-state index >= 15 is 0 Å². The lowest BCUT2D eigenvalue weighted by atomic mass is 10.3. The first kappa shape index (κ1) is 16.1. The van der Waals surface area contributed by atoms with Gasteiger partial charge < -0.3 is 9.84 Å². The van der Waals surface area contributed by atoms with Crippen LogP contribution in [0.4, 0.5) is 0 Å². The number of hydrogen-bond acceptors (Lipinski definition) is 5. The molecule has 6 nitrogen and oxygen atoms in total. The summed E-state index contributed by atoms with van der Waals surface area (Å²) in [5.74, 6) is 5.29. The second kappa shape index (κ2) is 8.27. The Morgan fingerprint density at radius 3 is 2.95 bits per heavy atom. The smallest absolute Gasteiger partial charge is 0.277 e. The lowest BCUT2D eigenvalue weighted by molar-refractivity contribution is 0.204. The van der Waals surface area contributed by atoms with Gasteiger partial charge in [-0.05, 0) is 6.07 Å². The summed E-state index contributed by atoms with van der Waals surface area (Å²) in [6, 6.07) is 1.78. The number of hydrogen-bond donors (Lipinski definition) is 3. The lowest BCUT2D eigenvalue weighted by Crippen LogP contribution is -2.37. The van der Waals surface area contributed by atoms with Gasteiger partial charge in [0.05, 0.1) is 6.61 Å². The molecule has 0 saturated heterocycles. The van der Waals surface area contributed by atoms with Gasteiger partial charge in [0.15, 0.2) is 0 Å². The Labute approximate surface area is 117 Å². The molecule has 0 saturated carbocycles. The molecule has 8 heteroatoms. The number of aliphatic hydroxyl groups excluding tert-OH is 1. The molecule has 0 aliphatic carbocycles. The molecule has 0 unspecified atom stereocenters. The van der Waals surface area contributed by atoms with Crippen molar-refractivity contribution in [2.24, 2.45) is 0 Å². The van der Waals surface area contributed by atoms with Crippen LogP contribution in [0.3, 0.4) is 0 Å². The van der Waals surface area contributed by atoms with Crippen molar-refractivity contribution in [3.8, 4) is 11.8 Å². The maximum atomic E-state index is 11.5. The van der Waals surface area contributed by atoms with Crippen molar-refractivity contribution in [2.75, 3.05) is 26.9 Å². The monoisotopic (exact) mass is 304 g/mol. The minimum absolute atomic E-state index is 0.193. The average Bonchev–Trinajstić information content (AvgIpc) is 2.82. The van der Waals surface area contributed by atoms with Crippen LogP contribution in [-0.2, 0) is 21.5 Å². The predicted octanol–water partition coefficient (Wildman–Crippen LogP) is -0.338. The third-order valence-electron chi connectivity index (χ3n) is 2.00. The van der Waals surface area contributed by atoms with Gasteiger partial charge in [-0.15, -0.1) is 11.3 Å². The molecule has 0 amide bonds. The highest BCUT2D eigenvalue weighted by atomic mass is 32.2. The first-order valence-electron chi connectivity index (χ1n) is 5.47. The maximum absolute atomic E-state index is 11.5. The fourth-order valence-electron chi connectivity index (χ4n) is 1.18. The second-order valence-electron chi connectivity index (χ2n) is 3.47. The van der Waals surface area contributed by atoms with Gasteiger partial charge in [0.2, 0.25) is 0 Å². The Bertz CT molecular complexity index is 543. The van der Waals surface area contributed by atoms with E-state index in [4.69, 9.17) is 9.84 Å². The van der Waals surface area contributed by atoms with Crippen molar-refractivity contribution in [2.45, 2.75) is 6.54 Å². The van der Waals surface area contributed by atoms with Crippen molar-refractivity contribution in [1.29, 1.82) is 0 Å². The summed E-state index contributed by atoms with van der Waals surface area (Å²) >= 11 is 1.41. The summed E-state index contributed by atoms with van der Waals surface area (Å²) in [4.78, 5) is 0.847. The molecule has 1 heterocycles. The Hall–Kier alpha value is -0.950. The van der Waals surface area contributed by atoms with Crippen LogP contribution in [0, 0.1) is 11.8 Å². The van der Waals surface area contributed by atoms with Gasteiger partial charge in [-0.2, -0.15) is 17.9 Å². The van der Waals surface area contributed by atoms with E-state index in [1.807, 2.05) is 5.38 Å². The van der Waals surface area contributed by atoms with E-state index in [9.17, 15) is 8.42 Å². The van der Waals surface area contributed by atoms with Crippen molar-refractivity contribution >= 4 is 21.5 Å². The highest BCUT2D eigenvalue weighted by Gasteiger charge is 2.08. The van der Waals surface area contributed by atoms with Crippen LogP contribution >= 0.6 is 11.3 Å². The quantitative estimate of drug-likeness (QED) is 0.475. The van der Waals surface area contributed by atoms with E-state index in [0.29, 0.717) is 6.61 Å². The van der Waals surface area contributed by atoms with Crippen molar-refractivity contribution in [1.82, 2.24) is 9.44 Å². The first-order chi connectivity index (χ1) is 9.07. The predicted molar refractivity (Wildman–Crippen MR) is 73.9 cm³/mol. The van der Waals surface area contributed by atoms with E-state index in [2.05, 4.69) is 21.3 Å². The van der Waals surface area contributed by atoms with Gasteiger partial charge in [0, 0.05) is 36.0 Å². The molecule has 1 rings (SSSR count). The second-order valence-corrected chi connectivity index (χ2v) is 6.05. The summed E-state index contributed by atoms with van der Waals surface area (Å²) in [6.07, 6.45) is 0. The Morgan fingerprint density at radius 2 is 2.26 bits per heavy atom. The molecule has 1 aromatic rings. The summed E-state index contributed by atoms with van der Waals surface area (Å²) in [5, 5.41) is 10.4. The van der Waals surface area contributed by atoms with Crippen LogP contribution in [0.2, 0.25) is 0 Å². The molecule has 1 aromatic heterocycles. The van der Waals surface area contributed by atoms with E-state index in [1.54, 1.807) is 6.07 Å². The summed E-state index contributed by atoms with van der Waals surface area (Å²) in [5.41, 5.74) is 0.764. The number of thiophene rings is 1. The minimum atomic E-state index is -3.51. The zero-order chi connectivity index (χ0) is 14.1. The Kier molecular flexibility index (Phi) is 7.01. The van der Waals surface area contributed by atoms with Crippen LogP contribution in [0.5, 0.6) is 0 Å². The number of nitrogens with one attached hydrogen (secondary N) is 2. The molecule has 106 valence electrons. The van der Waals surface area contributed by atoms with E-state index < -0.39 is 10.2 Å². The third kappa shape index (κ3) is 6.68. The maximum Gasteiger partial charge on any atom is 0.277 e. The highest BCUT2D eigenvalue weighted by molar-refractivity contribution is 7.87. The molecule has 19 heavy (non-hydrogen) atoms. The summed E-state index contributed by atoms with van der Waals surface area (Å²) in [7, 11) is -2.01. The number of ether oxygens (including phenoxy) is 1. The fourth-order valence-corrected chi connectivity index (χ4v) is 2.82. The van der Waals surface area contributed by atoms with Gasteiger partial charge in [-0.25, -0.2) is 0 Å². The van der Waals surface area contributed by atoms with Crippen molar-refractivity contribution in [3.63, 3.8) is 0 Å². The molecule has 0 spiro atoms. The zero-order valence-corrected chi connectivity index (χ0v) is 12.1. The molecule has 0 aliphatic rings. The summed E-state index contributed by atoms with van der Waals surface area (Å²) < 4.78 is 32.6. The van der Waals surface area contributed by atoms with Gasteiger partial charge >= 0.3 is 0 Å². The van der Waals surface area contributed by atoms with Gasteiger partial charge in [0.1, 0.15) is 6.61 Å². The van der Waals surface area contributed by atoms with E-state index in [-0.39, 0.29) is 19.7 Å². The van der Waals surface area contributed by atoms with Crippen LogP contribution < -0.4 is 9.44 Å². The zero-order valence-electron chi connectivity index (χ0n) is 10.5. The van der Waals surface area contributed by atoms with E-state index in [0.717, 1.165) is 10.4 Å². The number of rotatable bonds is 7. The topological polar surface area (TPSA) is 87.7 Å². The molecule has 0 radical (unpaired) electrons. The van der Waals surface area contributed by atoms with Crippen LogP contribution in [-0.4, -0.2) is 40.4 Å². The molecule has 3 N–H and O–H groups in total. The van der Waals surface area contributed by atoms with Crippen LogP contribution in [0.15, 0.2) is 11.4 Å². The lowest BCUT2D eigenvalue weighted by Gasteiger charge is -2.06. The standard InChI is InChI=1S/C11H16N2O4S2/c1-17-6-4-12-19(15,16)13-8-11-7-10(9-18-11)3-2-5-14/h7,9,12-14H,4-6,8H2,1H3. The third-order valence-corrected chi connectivity index (χ3v) is 4.05. The normalized spacial score (nSPS) is 11.1. The van der Waals surface area contributed by atoms with E-state index in [1.165, 1.54) is 18.4 Å². The molecule has 0 atom stereocenters. The molecule has 0 bridgehead atoms. The first-order valence-corrected chi connectivity index (χ1v) is 7.84. The summed E-state index contributed by atoms with van der Waals surface area (Å²) in [6.45, 7) is 0.555. The Morgan fingerprint density at radius 1 is 1.47 bits per heavy atom. The van der Waals surface area contributed by atoms with Gasteiger partial charge in [0.25, 0.3) is 10.2 Å². The highest BCUT2D eigenvalue weighted by Crippen LogP contribution is 2.13. The fraction of sp³-hybridized carbons (Fsp3) is 0.455. The van der Waals surface area contributed by atoms with Gasteiger partial charge in [-0.3, -0.25) is 0 Å². The van der Waals surface area contributed by atoms with Crippen molar-refractivity contribution in [3.05, 3.63) is 21.9 Å². The minimum Gasteiger partial charge on any atom is -0.384 e.